The number of benzene rings is 4. The fourth-order valence-electron chi connectivity index (χ4n) is 4.94. The first kappa shape index (κ1) is 35.8. The summed E-state index contributed by atoms with van der Waals surface area (Å²) in [5.74, 6) is -0.319. The van der Waals surface area contributed by atoms with E-state index in [4.69, 9.17) is 27.9 Å². The van der Waals surface area contributed by atoms with Gasteiger partial charge in [0.05, 0.1) is 17.7 Å². The molecule has 0 saturated carbocycles. The number of carbonyl (C=O) groups excluding carboxylic acids is 2. The molecule has 4 rings (SSSR count). The molecule has 248 valence electrons. The highest BCUT2D eigenvalue weighted by Gasteiger charge is 2.35. The van der Waals surface area contributed by atoms with Gasteiger partial charge in [-0.25, -0.2) is 8.42 Å². The van der Waals surface area contributed by atoms with Crippen LogP contribution in [0.1, 0.15) is 30.5 Å². The first-order valence-electron chi connectivity index (χ1n) is 15.2. The molecule has 0 aromatic heterocycles. The normalized spacial score (nSPS) is 12.0. The van der Waals surface area contributed by atoms with Crippen molar-refractivity contribution in [3.8, 4) is 5.75 Å². The zero-order chi connectivity index (χ0) is 34.1. The quantitative estimate of drug-likeness (QED) is 0.155. The maximum absolute atomic E-state index is 14.6. The third-order valence-electron chi connectivity index (χ3n) is 7.59. The van der Waals surface area contributed by atoms with Crippen LogP contribution in [0.2, 0.25) is 10.0 Å². The number of hydrogen-bond donors (Lipinski definition) is 1. The zero-order valence-corrected chi connectivity index (χ0v) is 29.1. The Kier molecular flexibility index (Phi) is 12.3. The molecule has 0 heterocycles. The van der Waals surface area contributed by atoms with Gasteiger partial charge in [-0.15, -0.1) is 0 Å². The Hall–Kier alpha value is -4.05. The van der Waals surface area contributed by atoms with Crippen LogP contribution in [0.15, 0.2) is 102 Å². The van der Waals surface area contributed by atoms with E-state index in [-0.39, 0.29) is 35.4 Å². The first-order valence-corrected chi connectivity index (χ1v) is 17.4. The van der Waals surface area contributed by atoms with Gasteiger partial charge in [0.1, 0.15) is 18.3 Å². The summed E-state index contributed by atoms with van der Waals surface area (Å²) in [7, 11) is -2.73. The summed E-state index contributed by atoms with van der Waals surface area (Å²) in [4.78, 5) is 29.9. The summed E-state index contributed by atoms with van der Waals surface area (Å²) >= 11 is 13.2. The number of amides is 2. The van der Waals surface area contributed by atoms with Crippen molar-refractivity contribution < 1.29 is 22.7 Å². The molecule has 1 atom stereocenters. The van der Waals surface area contributed by atoms with Crippen LogP contribution in [0.4, 0.5) is 5.69 Å². The number of carbonyl (C=O) groups is 2. The third-order valence-corrected chi connectivity index (χ3v) is 10.1. The molecule has 4 aromatic carbocycles. The van der Waals surface area contributed by atoms with Crippen LogP contribution in [0.3, 0.4) is 0 Å². The summed E-state index contributed by atoms with van der Waals surface area (Å²) in [6.45, 7) is 5.45. The molecule has 2 amide bonds. The largest absolute Gasteiger partial charge is 0.497 e. The van der Waals surface area contributed by atoms with Gasteiger partial charge in [0.25, 0.3) is 10.0 Å². The lowest BCUT2D eigenvalue weighted by atomic mass is 10.0. The second-order valence-corrected chi connectivity index (χ2v) is 14.3. The molecule has 0 aliphatic heterocycles. The van der Waals surface area contributed by atoms with Crippen molar-refractivity contribution in [1.29, 1.82) is 0 Å². The van der Waals surface area contributed by atoms with Crippen molar-refractivity contribution in [3.05, 3.63) is 124 Å². The molecule has 0 fully saturated rings. The number of anilines is 1. The molecular weight excluding hydrogens is 657 g/mol. The monoisotopic (exact) mass is 695 g/mol. The van der Waals surface area contributed by atoms with Crippen molar-refractivity contribution in [3.63, 3.8) is 0 Å². The Morgan fingerprint density at radius 2 is 1.47 bits per heavy atom. The number of sulfonamides is 1. The van der Waals surface area contributed by atoms with Gasteiger partial charge in [-0.2, -0.15) is 0 Å². The predicted molar refractivity (Wildman–Crippen MR) is 187 cm³/mol. The van der Waals surface area contributed by atoms with Gasteiger partial charge in [0.15, 0.2) is 0 Å². The second kappa shape index (κ2) is 16.2. The lowest BCUT2D eigenvalue weighted by Crippen LogP contribution is -2.53. The van der Waals surface area contributed by atoms with E-state index in [1.807, 2.05) is 51.1 Å². The van der Waals surface area contributed by atoms with E-state index in [9.17, 15) is 18.0 Å². The van der Waals surface area contributed by atoms with E-state index >= 15 is 0 Å². The molecule has 0 unspecified atom stereocenters. The molecule has 0 aliphatic carbocycles. The van der Waals surface area contributed by atoms with Crippen molar-refractivity contribution in [2.75, 3.05) is 24.5 Å². The fourth-order valence-corrected chi connectivity index (χ4v) is 6.88. The number of rotatable bonds is 14. The topological polar surface area (TPSA) is 96.0 Å². The van der Waals surface area contributed by atoms with Crippen molar-refractivity contribution in [1.82, 2.24) is 10.2 Å². The summed E-state index contributed by atoms with van der Waals surface area (Å²) in [6.07, 6.45) is 0.172. The molecule has 11 heteroatoms. The van der Waals surface area contributed by atoms with E-state index in [0.717, 1.165) is 15.4 Å². The average molecular weight is 697 g/mol. The van der Waals surface area contributed by atoms with Gasteiger partial charge < -0.3 is 15.0 Å². The number of hydrogen-bond acceptors (Lipinski definition) is 5. The van der Waals surface area contributed by atoms with Crippen molar-refractivity contribution in [2.45, 2.75) is 44.7 Å². The highest BCUT2D eigenvalue weighted by atomic mass is 35.5. The predicted octanol–water partition coefficient (Wildman–Crippen LogP) is 6.92. The minimum absolute atomic E-state index is 0.0166. The fraction of sp³-hybridized carbons (Fsp3) is 0.278. The Bertz CT molecular complexity index is 1750. The molecule has 8 nitrogen and oxygen atoms in total. The third kappa shape index (κ3) is 9.28. The first-order chi connectivity index (χ1) is 22.4. The SMILES string of the molecule is COc1ccc(N(CC(=O)N(Cc2c(Cl)cccc2Cl)[C@@H](Cc2ccccc2)C(=O)NCC(C)C)S(=O)(=O)c2ccc(C)cc2)cc1. The maximum Gasteiger partial charge on any atom is 0.264 e. The molecule has 47 heavy (non-hydrogen) atoms. The molecule has 4 aromatic rings. The number of nitrogens with zero attached hydrogens (tertiary/aromatic N) is 2. The van der Waals surface area contributed by atoms with Gasteiger partial charge in [-0.3, -0.25) is 13.9 Å². The number of ether oxygens (including phenoxy) is 1. The highest BCUT2D eigenvalue weighted by molar-refractivity contribution is 7.92. The van der Waals surface area contributed by atoms with E-state index in [1.54, 1.807) is 54.6 Å². The lowest BCUT2D eigenvalue weighted by Gasteiger charge is -2.34. The molecule has 0 spiro atoms. The van der Waals surface area contributed by atoms with E-state index in [1.165, 1.54) is 24.1 Å². The smallest absolute Gasteiger partial charge is 0.264 e. The van der Waals surface area contributed by atoms with Gasteiger partial charge in [0, 0.05) is 35.1 Å². The summed E-state index contributed by atoms with van der Waals surface area (Å²) < 4.78 is 34.7. The summed E-state index contributed by atoms with van der Waals surface area (Å²) in [5.41, 5.74) is 2.39. The van der Waals surface area contributed by atoms with Crippen molar-refractivity contribution >= 4 is 50.7 Å². The van der Waals surface area contributed by atoms with Crippen LogP contribution >= 0.6 is 23.2 Å². The standard InChI is InChI=1S/C36H39Cl2N3O5S/c1-25(2)22-39-36(43)34(21-27-9-6-5-7-10-27)40(23-31-32(37)11-8-12-33(31)38)35(42)24-41(28-15-17-29(46-4)18-16-28)47(44,45)30-19-13-26(3)14-20-30/h5-20,25,34H,21-24H2,1-4H3,(H,39,43)/t34-/m0/s1. The maximum atomic E-state index is 14.6. The zero-order valence-electron chi connectivity index (χ0n) is 26.8. The van der Waals surface area contributed by atoms with Crippen LogP contribution in [-0.2, 0) is 32.6 Å². The lowest BCUT2D eigenvalue weighted by molar-refractivity contribution is -0.140. The number of halogens is 2. The van der Waals surface area contributed by atoms with Crippen molar-refractivity contribution in [2.24, 2.45) is 5.92 Å². The molecule has 0 radical (unpaired) electrons. The summed E-state index contributed by atoms with van der Waals surface area (Å²) in [5, 5.41) is 3.60. The van der Waals surface area contributed by atoms with Crippen LogP contribution in [0.25, 0.3) is 0 Å². The van der Waals surface area contributed by atoms with Crippen LogP contribution in [0.5, 0.6) is 5.75 Å². The Labute approximate surface area is 287 Å². The van der Waals surface area contributed by atoms with Crippen LogP contribution < -0.4 is 14.4 Å². The van der Waals surface area contributed by atoms with Gasteiger partial charge >= 0.3 is 0 Å². The number of methoxy groups -OCH3 is 1. The Balaban J connectivity index is 1.83. The van der Waals surface area contributed by atoms with Crippen LogP contribution in [-0.4, -0.2) is 51.4 Å². The highest BCUT2D eigenvalue weighted by Crippen LogP contribution is 2.30. The molecular formula is C36H39Cl2N3O5S. The van der Waals surface area contributed by atoms with Gasteiger partial charge in [-0.1, -0.05) is 91.1 Å². The van der Waals surface area contributed by atoms with Gasteiger partial charge in [-0.05, 0) is 66.9 Å². The molecule has 0 saturated heterocycles. The molecule has 0 aliphatic rings. The van der Waals surface area contributed by atoms with Gasteiger partial charge in [0.2, 0.25) is 11.8 Å². The van der Waals surface area contributed by atoms with E-state index in [0.29, 0.717) is 27.9 Å². The minimum Gasteiger partial charge on any atom is -0.497 e. The molecule has 1 N–H and O–H groups in total. The van der Waals surface area contributed by atoms with E-state index < -0.39 is 28.5 Å². The van der Waals surface area contributed by atoms with Crippen LogP contribution in [0, 0.1) is 12.8 Å². The Morgan fingerprint density at radius 3 is 2.04 bits per heavy atom. The minimum atomic E-state index is -4.24. The summed E-state index contributed by atoms with van der Waals surface area (Å²) in [6, 6.07) is 26.1. The average Bonchev–Trinajstić information content (AvgIpc) is 3.05. The molecule has 0 bridgehead atoms. The van der Waals surface area contributed by atoms with E-state index in [2.05, 4.69) is 5.32 Å². The Morgan fingerprint density at radius 1 is 0.851 bits per heavy atom. The number of nitrogens with one attached hydrogen (secondary N) is 1. The second-order valence-electron chi connectivity index (χ2n) is 11.6. The number of aryl methyl sites for hydroxylation is 1.